The third-order valence-electron chi connectivity index (χ3n) is 6.05. The SMILES string of the molecule is Cc1ccccc1CNc1ccc2c(ccc3c[n+]4c5ccccc5ccc4n32)c1. The minimum absolute atomic E-state index is 0.828. The fourth-order valence-electron chi connectivity index (χ4n) is 4.42. The van der Waals surface area contributed by atoms with Crippen LogP contribution >= 0.6 is 0 Å². The predicted octanol–water partition coefficient (Wildman–Crippen LogP) is 5.90. The molecule has 3 aromatic heterocycles. The van der Waals surface area contributed by atoms with Crippen LogP contribution in [0.3, 0.4) is 0 Å². The largest absolute Gasteiger partial charge is 0.381 e. The molecule has 6 aromatic rings. The predicted molar refractivity (Wildman–Crippen MR) is 124 cm³/mol. The highest BCUT2D eigenvalue weighted by atomic mass is 15.1. The summed E-state index contributed by atoms with van der Waals surface area (Å²) in [6, 6.07) is 32.5. The molecule has 0 aliphatic carbocycles. The Morgan fingerprint density at radius 3 is 2.57 bits per heavy atom. The maximum atomic E-state index is 3.58. The third kappa shape index (κ3) is 2.63. The number of hydrogen-bond donors (Lipinski definition) is 1. The van der Waals surface area contributed by atoms with Gasteiger partial charge in [0.05, 0.1) is 0 Å². The Morgan fingerprint density at radius 2 is 1.63 bits per heavy atom. The summed E-state index contributed by atoms with van der Waals surface area (Å²) in [5.74, 6) is 0. The molecule has 0 aliphatic heterocycles. The first-order valence-corrected chi connectivity index (χ1v) is 10.3. The number of rotatable bonds is 3. The summed E-state index contributed by atoms with van der Waals surface area (Å²) in [4.78, 5) is 0. The molecule has 0 spiro atoms. The molecule has 0 unspecified atom stereocenters. The van der Waals surface area contributed by atoms with Crippen LogP contribution in [0.5, 0.6) is 0 Å². The minimum atomic E-state index is 0.828. The van der Waals surface area contributed by atoms with E-state index in [0.29, 0.717) is 0 Å². The number of anilines is 1. The van der Waals surface area contributed by atoms with Crippen LogP contribution in [-0.4, -0.2) is 4.40 Å². The Bertz CT molecular complexity index is 1560. The smallest absolute Gasteiger partial charge is 0.292 e. The fourth-order valence-corrected chi connectivity index (χ4v) is 4.42. The topological polar surface area (TPSA) is 20.5 Å². The Balaban J connectivity index is 1.47. The minimum Gasteiger partial charge on any atom is -0.381 e. The lowest BCUT2D eigenvalue weighted by Gasteiger charge is -2.09. The molecule has 3 heteroatoms. The van der Waals surface area contributed by atoms with Gasteiger partial charge in [-0.25, -0.2) is 0 Å². The number of imidazole rings is 1. The van der Waals surface area contributed by atoms with Crippen molar-refractivity contribution in [1.29, 1.82) is 0 Å². The third-order valence-corrected chi connectivity index (χ3v) is 6.05. The normalized spacial score (nSPS) is 11.6. The second-order valence-electron chi connectivity index (χ2n) is 7.90. The summed E-state index contributed by atoms with van der Waals surface area (Å²) < 4.78 is 4.63. The van der Waals surface area contributed by atoms with E-state index < -0.39 is 0 Å². The van der Waals surface area contributed by atoms with Gasteiger partial charge in [-0.2, -0.15) is 8.80 Å². The standard InChI is InChI=1S/C27H22N3/c1-19-6-2-3-8-22(19)17-28-23-12-14-26-21(16-23)10-13-24-18-29-25-9-5-4-7-20(25)11-15-27(29)30(24)26/h2-16,18,28H,17H2,1H3/q+1. The number of pyridine rings is 2. The molecular formula is C27H22N3+. The van der Waals surface area contributed by atoms with Crippen molar-refractivity contribution in [2.45, 2.75) is 13.5 Å². The van der Waals surface area contributed by atoms with Crippen LogP contribution in [0.25, 0.3) is 33.0 Å². The fraction of sp³-hybridized carbons (Fsp3) is 0.0741. The number of nitrogens with one attached hydrogen (secondary N) is 1. The maximum Gasteiger partial charge on any atom is 0.292 e. The highest BCUT2D eigenvalue weighted by Crippen LogP contribution is 2.24. The molecule has 3 aromatic carbocycles. The Morgan fingerprint density at radius 1 is 0.800 bits per heavy atom. The van der Waals surface area contributed by atoms with E-state index in [4.69, 9.17) is 0 Å². The molecule has 3 heterocycles. The van der Waals surface area contributed by atoms with Crippen LogP contribution in [0.2, 0.25) is 0 Å². The first-order chi connectivity index (χ1) is 14.8. The molecule has 0 saturated heterocycles. The lowest BCUT2D eigenvalue weighted by Crippen LogP contribution is -2.19. The average Bonchev–Trinajstić information content (AvgIpc) is 3.18. The Kier molecular flexibility index (Phi) is 3.75. The van der Waals surface area contributed by atoms with Gasteiger partial charge in [0.15, 0.2) is 5.52 Å². The maximum absolute atomic E-state index is 3.58. The average molecular weight is 388 g/mol. The number of hydrogen-bond acceptors (Lipinski definition) is 1. The van der Waals surface area contributed by atoms with E-state index in [0.717, 1.165) is 12.2 Å². The molecule has 30 heavy (non-hydrogen) atoms. The Labute approximate surface area is 174 Å². The van der Waals surface area contributed by atoms with Crippen molar-refractivity contribution >= 4 is 38.7 Å². The van der Waals surface area contributed by atoms with E-state index in [1.807, 2.05) is 0 Å². The van der Waals surface area contributed by atoms with Crippen molar-refractivity contribution in [1.82, 2.24) is 4.40 Å². The number of para-hydroxylation sites is 1. The molecule has 0 radical (unpaired) electrons. The van der Waals surface area contributed by atoms with Crippen LogP contribution in [0.1, 0.15) is 11.1 Å². The number of nitrogens with zero attached hydrogens (tertiary/aromatic N) is 2. The molecule has 144 valence electrons. The van der Waals surface area contributed by atoms with Gasteiger partial charge in [-0.3, -0.25) is 0 Å². The van der Waals surface area contributed by atoms with Gasteiger partial charge in [0.2, 0.25) is 0 Å². The van der Waals surface area contributed by atoms with Gasteiger partial charge < -0.3 is 5.32 Å². The Hall–Kier alpha value is -3.85. The highest BCUT2D eigenvalue weighted by molar-refractivity contribution is 5.88. The van der Waals surface area contributed by atoms with E-state index in [1.54, 1.807) is 0 Å². The molecular weight excluding hydrogens is 366 g/mol. The van der Waals surface area contributed by atoms with E-state index in [2.05, 4.69) is 118 Å². The zero-order chi connectivity index (χ0) is 20.1. The lowest BCUT2D eigenvalue weighted by molar-refractivity contribution is -0.479. The first kappa shape index (κ1) is 17.0. The second-order valence-corrected chi connectivity index (χ2v) is 7.90. The number of aromatic nitrogens is 2. The second kappa shape index (κ2) is 6.60. The molecule has 0 amide bonds. The molecule has 0 fully saturated rings. The van der Waals surface area contributed by atoms with Gasteiger partial charge in [0.25, 0.3) is 5.65 Å². The van der Waals surface area contributed by atoms with Crippen LogP contribution in [0, 0.1) is 6.92 Å². The van der Waals surface area contributed by atoms with Crippen LogP contribution < -0.4 is 9.72 Å². The van der Waals surface area contributed by atoms with Crippen molar-refractivity contribution in [3.8, 4) is 0 Å². The summed E-state index contributed by atoms with van der Waals surface area (Å²) in [7, 11) is 0. The van der Waals surface area contributed by atoms with E-state index in [-0.39, 0.29) is 0 Å². The summed E-state index contributed by atoms with van der Waals surface area (Å²) >= 11 is 0. The molecule has 0 atom stereocenters. The number of aryl methyl sites for hydroxylation is 1. The highest BCUT2D eigenvalue weighted by Gasteiger charge is 2.16. The summed E-state index contributed by atoms with van der Waals surface area (Å²) in [6.45, 7) is 2.99. The van der Waals surface area contributed by atoms with Gasteiger partial charge >= 0.3 is 0 Å². The van der Waals surface area contributed by atoms with Crippen LogP contribution in [-0.2, 0) is 6.54 Å². The number of fused-ring (bicyclic) bond motifs is 7. The van der Waals surface area contributed by atoms with Crippen molar-refractivity contribution < 1.29 is 4.40 Å². The molecule has 6 rings (SSSR count). The summed E-state index contributed by atoms with van der Waals surface area (Å²) in [6.07, 6.45) is 2.22. The van der Waals surface area contributed by atoms with E-state index in [1.165, 1.54) is 44.1 Å². The zero-order valence-corrected chi connectivity index (χ0v) is 16.8. The van der Waals surface area contributed by atoms with Crippen molar-refractivity contribution in [2.24, 2.45) is 0 Å². The molecule has 3 nitrogen and oxygen atoms in total. The number of benzene rings is 3. The summed E-state index contributed by atoms with van der Waals surface area (Å²) in [5.41, 5.74) is 8.59. The van der Waals surface area contributed by atoms with Gasteiger partial charge in [0, 0.05) is 29.1 Å². The summed E-state index contributed by atoms with van der Waals surface area (Å²) in [5, 5.41) is 6.06. The van der Waals surface area contributed by atoms with E-state index >= 15 is 0 Å². The van der Waals surface area contributed by atoms with Gasteiger partial charge in [-0.1, -0.05) is 42.5 Å². The van der Waals surface area contributed by atoms with Gasteiger partial charge in [0.1, 0.15) is 17.2 Å². The lowest BCUT2D eigenvalue weighted by atomic mass is 10.1. The van der Waals surface area contributed by atoms with Crippen molar-refractivity contribution in [3.63, 3.8) is 0 Å². The quantitative estimate of drug-likeness (QED) is 0.374. The molecule has 0 bridgehead atoms. The van der Waals surface area contributed by atoms with E-state index in [9.17, 15) is 0 Å². The first-order valence-electron chi connectivity index (χ1n) is 10.3. The van der Waals surface area contributed by atoms with Crippen molar-refractivity contribution in [2.75, 3.05) is 5.32 Å². The zero-order valence-electron chi connectivity index (χ0n) is 16.8. The van der Waals surface area contributed by atoms with Crippen molar-refractivity contribution in [3.05, 3.63) is 108 Å². The van der Waals surface area contributed by atoms with Gasteiger partial charge in [-0.05, 0) is 60.5 Å². The molecule has 0 aliphatic rings. The van der Waals surface area contributed by atoms with Gasteiger partial charge in [-0.15, -0.1) is 0 Å². The molecule has 1 N–H and O–H groups in total. The van der Waals surface area contributed by atoms with Crippen LogP contribution in [0.4, 0.5) is 5.69 Å². The van der Waals surface area contributed by atoms with Crippen LogP contribution in [0.15, 0.2) is 97.2 Å². The monoisotopic (exact) mass is 388 g/mol. The molecule has 0 saturated carbocycles.